The molecule has 4 heteroatoms. The van der Waals surface area contributed by atoms with Crippen LogP contribution in [-0.4, -0.2) is 31.3 Å². The number of carbonyl (C=O) groups is 1. The Hall–Kier alpha value is -1.71. The number of aromatic hydroxyl groups is 1. The van der Waals surface area contributed by atoms with Gasteiger partial charge >= 0.3 is 5.97 Å². The van der Waals surface area contributed by atoms with Crippen molar-refractivity contribution in [3.05, 3.63) is 23.8 Å². The van der Waals surface area contributed by atoms with Crippen molar-refractivity contribution in [1.82, 2.24) is 0 Å². The highest BCUT2D eigenvalue weighted by molar-refractivity contribution is 5.85. The van der Waals surface area contributed by atoms with Crippen LogP contribution in [0.25, 0.3) is 0 Å². The molecular weight excluding hydrogens is 194 g/mol. The average molecular weight is 207 g/mol. The van der Waals surface area contributed by atoms with Crippen molar-refractivity contribution in [2.75, 3.05) is 19.1 Å². The number of phenols is 1. The number of hydrogen-bond acceptors (Lipinski definition) is 4. The van der Waals surface area contributed by atoms with E-state index in [-0.39, 0.29) is 17.8 Å². The maximum absolute atomic E-state index is 11.5. The predicted molar refractivity (Wildman–Crippen MR) is 56.0 cm³/mol. The Balaban J connectivity index is 2.37. The van der Waals surface area contributed by atoms with Crippen molar-refractivity contribution in [2.24, 2.45) is 0 Å². The summed E-state index contributed by atoms with van der Waals surface area (Å²) in [7, 11) is 3.16. The van der Waals surface area contributed by atoms with Gasteiger partial charge in [0.2, 0.25) is 0 Å². The molecule has 1 aromatic rings. The third kappa shape index (κ3) is 1.42. The van der Waals surface area contributed by atoms with Gasteiger partial charge in [0.25, 0.3) is 0 Å². The van der Waals surface area contributed by atoms with Crippen molar-refractivity contribution in [3.63, 3.8) is 0 Å². The second kappa shape index (κ2) is 3.46. The number of likely N-dealkylation sites (N-methyl/N-ethyl adjacent to an activating group) is 1. The molecule has 0 fully saturated rings. The molecule has 1 N–H and O–H groups in total. The van der Waals surface area contributed by atoms with Gasteiger partial charge in [0, 0.05) is 13.5 Å². The highest BCUT2D eigenvalue weighted by Gasteiger charge is 2.34. The first-order chi connectivity index (χ1) is 7.15. The van der Waals surface area contributed by atoms with E-state index < -0.39 is 0 Å². The molecule has 0 spiro atoms. The summed E-state index contributed by atoms with van der Waals surface area (Å²) in [6.45, 7) is 0. The van der Waals surface area contributed by atoms with Crippen molar-refractivity contribution in [2.45, 2.75) is 12.5 Å². The van der Waals surface area contributed by atoms with Crippen LogP contribution in [0.2, 0.25) is 0 Å². The first-order valence-electron chi connectivity index (χ1n) is 4.76. The molecule has 1 aliphatic heterocycles. The molecule has 2 rings (SSSR count). The fourth-order valence-electron chi connectivity index (χ4n) is 2.03. The summed E-state index contributed by atoms with van der Waals surface area (Å²) >= 11 is 0. The zero-order valence-electron chi connectivity index (χ0n) is 8.73. The average Bonchev–Trinajstić information content (AvgIpc) is 2.56. The number of fused-ring (bicyclic) bond motifs is 1. The largest absolute Gasteiger partial charge is 0.506 e. The molecule has 0 saturated carbocycles. The molecule has 4 nitrogen and oxygen atoms in total. The van der Waals surface area contributed by atoms with Crippen LogP contribution in [0.5, 0.6) is 5.75 Å². The van der Waals surface area contributed by atoms with Gasteiger partial charge in [0.1, 0.15) is 11.8 Å². The first kappa shape index (κ1) is 9.83. The topological polar surface area (TPSA) is 49.8 Å². The lowest BCUT2D eigenvalue weighted by molar-refractivity contribution is -0.141. The normalized spacial score (nSPS) is 18.8. The maximum atomic E-state index is 11.5. The zero-order valence-corrected chi connectivity index (χ0v) is 8.73. The fraction of sp³-hybridized carbons (Fsp3) is 0.364. The molecule has 15 heavy (non-hydrogen) atoms. The first-order valence-corrected chi connectivity index (χ1v) is 4.76. The highest BCUT2D eigenvalue weighted by Crippen LogP contribution is 2.38. The summed E-state index contributed by atoms with van der Waals surface area (Å²) in [5.41, 5.74) is 1.71. The van der Waals surface area contributed by atoms with Crippen molar-refractivity contribution >= 4 is 11.7 Å². The molecule has 1 atom stereocenters. The lowest BCUT2D eigenvalue weighted by Crippen LogP contribution is -2.36. The number of hydrogen-bond donors (Lipinski definition) is 1. The van der Waals surface area contributed by atoms with E-state index in [1.165, 1.54) is 7.11 Å². The summed E-state index contributed by atoms with van der Waals surface area (Å²) in [6.07, 6.45) is 0.590. The van der Waals surface area contributed by atoms with Crippen LogP contribution in [0.3, 0.4) is 0 Å². The number of benzene rings is 1. The standard InChI is InChI=1S/C11H13NO3/c1-12-8(11(14)15-2)6-7-4-3-5-9(13)10(7)12/h3-5,8,13H,6H2,1-2H3. The van der Waals surface area contributed by atoms with Crippen molar-refractivity contribution in [3.8, 4) is 5.75 Å². The van der Waals surface area contributed by atoms with Crippen LogP contribution < -0.4 is 4.90 Å². The van der Waals surface area contributed by atoms with Gasteiger partial charge in [-0.3, -0.25) is 0 Å². The molecule has 0 aromatic heterocycles. The van der Waals surface area contributed by atoms with Gasteiger partial charge in [0.15, 0.2) is 0 Å². The van der Waals surface area contributed by atoms with Crippen LogP contribution in [-0.2, 0) is 16.0 Å². The monoisotopic (exact) mass is 207 g/mol. The van der Waals surface area contributed by atoms with E-state index >= 15 is 0 Å². The predicted octanol–water partition coefficient (Wildman–Crippen LogP) is 0.926. The van der Waals surface area contributed by atoms with Gasteiger partial charge in [-0.1, -0.05) is 12.1 Å². The Kier molecular flexibility index (Phi) is 2.26. The SMILES string of the molecule is COC(=O)C1Cc2cccc(O)c2N1C. The minimum absolute atomic E-state index is 0.210. The molecular formula is C11H13NO3. The highest BCUT2D eigenvalue weighted by atomic mass is 16.5. The molecule has 0 aliphatic carbocycles. The Labute approximate surface area is 88.1 Å². The smallest absolute Gasteiger partial charge is 0.328 e. The van der Waals surface area contributed by atoms with E-state index in [1.807, 2.05) is 6.07 Å². The molecule has 80 valence electrons. The second-order valence-electron chi connectivity index (χ2n) is 3.64. The Morgan fingerprint density at radius 1 is 1.60 bits per heavy atom. The van der Waals surface area contributed by atoms with E-state index in [9.17, 15) is 9.90 Å². The third-order valence-electron chi connectivity index (χ3n) is 2.81. The van der Waals surface area contributed by atoms with E-state index in [4.69, 9.17) is 4.74 Å². The Morgan fingerprint density at radius 2 is 2.33 bits per heavy atom. The lowest BCUT2D eigenvalue weighted by Gasteiger charge is -2.20. The van der Waals surface area contributed by atoms with E-state index in [1.54, 1.807) is 24.1 Å². The molecule has 0 bridgehead atoms. The van der Waals surface area contributed by atoms with Gasteiger partial charge < -0.3 is 14.7 Å². The quantitative estimate of drug-likeness (QED) is 0.696. The maximum Gasteiger partial charge on any atom is 0.328 e. The number of phenolic OH excluding ortho intramolecular Hbond substituents is 1. The van der Waals surface area contributed by atoms with Gasteiger partial charge in [-0.05, 0) is 11.6 Å². The Morgan fingerprint density at radius 3 is 2.93 bits per heavy atom. The molecule has 0 radical (unpaired) electrons. The lowest BCUT2D eigenvalue weighted by atomic mass is 10.1. The molecule has 1 heterocycles. The van der Waals surface area contributed by atoms with Gasteiger partial charge in [-0.25, -0.2) is 4.79 Å². The minimum Gasteiger partial charge on any atom is -0.506 e. The van der Waals surface area contributed by atoms with E-state index in [0.717, 1.165) is 11.3 Å². The van der Waals surface area contributed by atoms with Gasteiger partial charge in [-0.2, -0.15) is 0 Å². The summed E-state index contributed by atoms with van der Waals surface area (Å²) < 4.78 is 4.71. The van der Waals surface area contributed by atoms with Crippen LogP contribution in [0.1, 0.15) is 5.56 Å². The fourth-order valence-corrected chi connectivity index (χ4v) is 2.03. The minimum atomic E-state index is -0.321. The third-order valence-corrected chi connectivity index (χ3v) is 2.81. The summed E-state index contributed by atoms with van der Waals surface area (Å²) in [6, 6.07) is 4.99. The van der Waals surface area contributed by atoms with Crippen LogP contribution in [0, 0.1) is 0 Å². The van der Waals surface area contributed by atoms with E-state index in [0.29, 0.717) is 6.42 Å². The Bertz CT molecular complexity index is 403. The molecule has 1 aromatic carbocycles. The number of ether oxygens (including phenoxy) is 1. The molecule has 1 unspecified atom stereocenters. The van der Waals surface area contributed by atoms with Crippen molar-refractivity contribution < 1.29 is 14.6 Å². The number of esters is 1. The number of nitrogens with zero attached hydrogens (tertiary/aromatic N) is 1. The van der Waals surface area contributed by atoms with Crippen LogP contribution in [0.4, 0.5) is 5.69 Å². The van der Waals surface area contributed by atoms with Crippen molar-refractivity contribution in [1.29, 1.82) is 0 Å². The summed E-state index contributed by atoms with van der Waals surface area (Å²) in [5.74, 6) is -0.0606. The number of anilines is 1. The van der Waals surface area contributed by atoms with Gasteiger partial charge in [-0.15, -0.1) is 0 Å². The van der Waals surface area contributed by atoms with Gasteiger partial charge in [0.05, 0.1) is 12.8 Å². The number of para-hydroxylation sites is 1. The van der Waals surface area contributed by atoms with E-state index in [2.05, 4.69) is 0 Å². The second-order valence-corrected chi connectivity index (χ2v) is 3.64. The summed E-state index contributed by atoms with van der Waals surface area (Å²) in [4.78, 5) is 13.2. The molecule has 0 amide bonds. The van der Waals surface area contributed by atoms with Crippen LogP contribution in [0.15, 0.2) is 18.2 Å². The number of rotatable bonds is 1. The molecule has 0 saturated heterocycles. The zero-order chi connectivity index (χ0) is 11.0. The summed E-state index contributed by atoms with van der Waals surface area (Å²) in [5, 5.41) is 9.68. The number of carbonyl (C=O) groups excluding carboxylic acids is 1. The van der Waals surface area contributed by atoms with Crippen LogP contribution >= 0.6 is 0 Å². The molecule has 1 aliphatic rings. The number of methoxy groups -OCH3 is 1.